The smallest absolute Gasteiger partial charge is 0.264 e. The minimum Gasteiger partial charge on any atom is -0.335 e. The Hall–Kier alpha value is -2.32. The van der Waals surface area contributed by atoms with E-state index in [1.54, 1.807) is 17.0 Å². The van der Waals surface area contributed by atoms with Gasteiger partial charge in [-0.1, -0.05) is 6.07 Å². The van der Waals surface area contributed by atoms with Crippen LogP contribution in [0.3, 0.4) is 0 Å². The van der Waals surface area contributed by atoms with Gasteiger partial charge in [0.25, 0.3) is 5.91 Å². The minimum absolute atomic E-state index is 0.0291. The number of carbonyl (C=O) groups is 2. The Morgan fingerprint density at radius 3 is 2.48 bits per heavy atom. The summed E-state index contributed by atoms with van der Waals surface area (Å²) in [6.45, 7) is 4.18. The van der Waals surface area contributed by atoms with Gasteiger partial charge in [-0.3, -0.25) is 14.5 Å². The average molecular weight is 419 g/mol. The van der Waals surface area contributed by atoms with E-state index in [9.17, 15) is 18.4 Å². The van der Waals surface area contributed by atoms with Crippen molar-refractivity contribution in [3.63, 3.8) is 0 Å². The SMILES string of the molecule is CC(c1ccc(F)cc1F)N1CCN(C(=O)c2ccc(NC(=O)C3CC3)s2)CC1. The highest BCUT2D eigenvalue weighted by atomic mass is 32.1. The lowest BCUT2D eigenvalue weighted by Crippen LogP contribution is -2.49. The van der Waals surface area contributed by atoms with E-state index in [1.807, 2.05) is 6.92 Å². The molecule has 5 nitrogen and oxygen atoms in total. The zero-order chi connectivity index (χ0) is 20.5. The molecule has 0 radical (unpaired) electrons. The molecule has 0 bridgehead atoms. The number of halogens is 2. The maximum absolute atomic E-state index is 14.1. The summed E-state index contributed by atoms with van der Waals surface area (Å²) in [4.78, 5) is 29.1. The molecule has 8 heteroatoms. The van der Waals surface area contributed by atoms with Gasteiger partial charge in [-0.25, -0.2) is 8.78 Å². The van der Waals surface area contributed by atoms with E-state index in [1.165, 1.54) is 23.5 Å². The van der Waals surface area contributed by atoms with Crippen molar-refractivity contribution in [2.24, 2.45) is 5.92 Å². The number of nitrogens with one attached hydrogen (secondary N) is 1. The first kappa shape index (κ1) is 20.0. The summed E-state index contributed by atoms with van der Waals surface area (Å²) in [5, 5.41) is 3.57. The molecule has 2 aromatic rings. The van der Waals surface area contributed by atoms with Crippen molar-refractivity contribution in [2.75, 3.05) is 31.5 Å². The van der Waals surface area contributed by atoms with Crippen LogP contribution in [0.2, 0.25) is 0 Å². The van der Waals surface area contributed by atoms with Gasteiger partial charge in [0.15, 0.2) is 0 Å². The molecule has 1 aliphatic carbocycles. The molecule has 1 aromatic heterocycles. The highest BCUT2D eigenvalue weighted by Crippen LogP contribution is 2.32. The maximum atomic E-state index is 14.1. The van der Waals surface area contributed by atoms with Crippen LogP contribution in [0.15, 0.2) is 30.3 Å². The summed E-state index contributed by atoms with van der Waals surface area (Å²) in [6.07, 6.45) is 1.88. The number of thiophene rings is 1. The molecule has 1 N–H and O–H groups in total. The number of nitrogens with zero attached hydrogens (tertiary/aromatic N) is 2. The molecule has 1 saturated carbocycles. The van der Waals surface area contributed by atoms with Gasteiger partial charge in [0.05, 0.1) is 9.88 Å². The fourth-order valence-corrected chi connectivity index (χ4v) is 4.47. The van der Waals surface area contributed by atoms with E-state index in [4.69, 9.17) is 0 Å². The Morgan fingerprint density at radius 2 is 1.83 bits per heavy atom. The Labute approximate surface area is 172 Å². The third-order valence-corrected chi connectivity index (χ3v) is 6.56. The van der Waals surface area contributed by atoms with Gasteiger partial charge in [0.1, 0.15) is 11.6 Å². The van der Waals surface area contributed by atoms with Gasteiger partial charge < -0.3 is 10.2 Å². The first-order valence-corrected chi connectivity index (χ1v) is 10.6. The van der Waals surface area contributed by atoms with Crippen LogP contribution in [0.25, 0.3) is 0 Å². The van der Waals surface area contributed by atoms with Crippen LogP contribution in [0.4, 0.5) is 13.8 Å². The van der Waals surface area contributed by atoms with Crippen LogP contribution in [0.5, 0.6) is 0 Å². The van der Waals surface area contributed by atoms with E-state index in [2.05, 4.69) is 10.2 Å². The number of piperazine rings is 1. The van der Waals surface area contributed by atoms with Crippen molar-refractivity contribution in [1.82, 2.24) is 9.80 Å². The fraction of sp³-hybridized carbons (Fsp3) is 0.429. The molecular weight excluding hydrogens is 396 g/mol. The van der Waals surface area contributed by atoms with E-state index >= 15 is 0 Å². The Balaban J connectivity index is 1.33. The number of rotatable bonds is 5. The van der Waals surface area contributed by atoms with Crippen molar-refractivity contribution < 1.29 is 18.4 Å². The van der Waals surface area contributed by atoms with E-state index < -0.39 is 11.6 Å². The molecule has 2 heterocycles. The summed E-state index contributed by atoms with van der Waals surface area (Å²) in [5.74, 6) is -1.03. The predicted molar refractivity (Wildman–Crippen MR) is 108 cm³/mol. The van der Waals surface area contributed by atoms with Crippen molar-refractivity contribution in [2.45, 2.75) is 25.8 Å². The van der Waals surface area contributed by atoms with Crippen LogP contribution in [0, 0.1) is 17.6 Å². The summed E-state index contributed by atoms with van der Waals surface area (Å²) in [6, 6.07) is 6.98. The molecule has 2 aliphatic rings. The summed E-state index contributed by atoms with van der Waals surface area (Å²) in [5.41, 5.74) is 0.459. The van der Waals surface area contributed by atoms with Crippen molar-refractivity contribution >= 4 is 28.2 Å². The van der Waals surface area contributed by atoms with Gasteiger partial charge in [0, 0.05) is 49.8 Å². The van der Waals surface area contributed by atoms with Gasteiger partial charge in [-0.2, -0.15) is 0 Å². The zero-order valence-electron chi connectivity index (χ0n) is 16.2. The Bertz CT molecular complexity index is 920. The number of hydrogen-bond acceptors (Lipinski definition) is 4. The largest absolute Gasteiger partial charge is 0.335 e. The normalized spacial score (nSPS) is 18.5. The highest BCUT2D eigenvalue weighted by molar-refractivity contribution is 7.18. The molecule has 29 heavy (non-hydrogen) atoms. The van der Waals surface area contributed by atoms with Crippen LogP contribution in [-0.4, -0.2) is 47.8 Å². The Morgan fingerprint density at radius 1 is 1.10 bits per heavy atom. The lowest BCUT2D eigenvalue weighted by Gasteiger charge is -2.38. The van der Waals surface area contributed by atoms with Gasteiger partial charge in [-0.05, 0) is 38.0 Å². The van der Waals surface area contributed by atoms with Crippen molar-refractivity contribution in [1.29, 1.82) is 0 Å². The highest BCUT2D eigenvalue weighted by Gasteiger charge is 2.30. The first-order valence-electron chi connectivity index (χ1n) is 9.81. The number of amides is 2. The maximum Gasteiger partial charge on any atom is 0.264 e. The van der Waals surface area contributed by atoms with E-state index in [-0.39, 0.29) is 23.8 Å². The summed E-state index contributed by atoms with van der Waals surface area (Å²) < 4.78 is 27.2. The van der Waals surface area contributed by atoms with Crippen LogP contribution in [-0.2, 0) is 4.79 Å². The molecule has 4 rings (SSSR count). The molecule has 1 atom stereocenters. The monoisotopic (exact) mass is 419 g/mol. The molecule has 1 saturated heterocycles. The number of anilines is 1. The second-order valence-electron chi connectivity index (χ2n) is 7.60. The third-order valence-electron chi connectivity index (χ3n) is 5.57. The number of carbonyl (C=O) groups excluding carboxylic acids is 2. The average Bonchev–Trinajstić information content (AvgIpc) is 3.47. The zero-order valence-corrected chi connectivity index (χ0v) is 17.0. The number of benzene rings is 1. The molecule has 154 valence electrons. The first-order chi connectivity index (χ1) is 13.9. The molecule has 0 spiro atoms. The second-order valence-corrected chi connectivity index (χ2v) is 8.68. The molecule has 2 amide bonds. The van der Waals surface area contributed by atoms with Crippen LogP contribution < -0.4 is 5.32 Å². The van der Waals surface area contributed by atoms with E-state index in [0.717, 1.165) is 18.9 Å². The number of hydrogen-bond donors (Lipinski definition) is 1. The lowest BCUT2D eigenvalue weighted by atomic mass is 10.1. The summed E-state index contributed by atoms with van der Waals surface area (Å²) in [7, 11) is 0. The van der Waals surface area contributed by atoms with Gasteiger partial charge in [-0.15, -0.1) is 11.3 Å². The molecule has 1 aliphatic heterocycles. The quantitative estimate of drug-likeness (QED) is 0.800. The Kier molecular flexibility index (Phi) is 5.65. The van der Waals surface area contributed by atoms with Crippen molar-refractivity contribution in [3.8, 4) is 0 Å². The van der Waals surface area contributed by atoms with Crippen molar-refractivity contribution in [3.05, 3.63) is 52.4 Å². The van der Waals surface area contributed by atoms with E-state index in [0.29, 0.717) is 41.6 Å². The molecule has 1 unspecified atom stereocenters. The minimum atomic E-state index is -0.586. The van der Waals surface area contributed by atoms with Crippen LogP contribution in [0.1, 0.15) is 41.0 Å². The molecule has 1 aromatic carbocycles. The topological polar surface area (TPSA) is 52.6 Å². The van der Waals surface area contributed by atoms with Gasteiger partial charge in [0.2, 0.25) is 5.91 Å². The molecular formula is C21H23F2N3O2S. The van der Waals surface area contributed by atoms with Crippen LogP contribution >= 0.6 is 11.3 Å². The third kappa shape index (κ3) is 4.48. The lowest BCUT2D eigenvalue weighted by molar-refractivity contribution is -0.117. The standard InChI is InChI=1S/C21H23F2N3O2S/c1-13(16-5-4-15(22)12-17(16)23)25-8-10-26(11-9-25)21(28)18-6-7-19(29-18)24-20(27)14-2-3-14/h4-7,12-14H,2-3,8-11H2,1H3,(H,24,27). The molecule has 2 fully saturated rings. The second kappa shape index (κ2) is 8.20. The summed E-state index contributed by atoms with van der Waals surface area (Å²) >= 11 is 1.29. The predicted octanol–water partition coefficient (Wildman–Crippen LogP) is 3.89. The van der Waals surface area contributed by atoms with Gasteiger partial charge >= 0.3 is 0 Å². The fourth-order valence-electron chi connectivity index (χ4n) is 3.59.